The lowest BCUT2D eigenvalue weighted by Gasteiger charge is -2.41. The minimum Gasteiger partial charge on any atom is -0.474 e. The van der Waals surface area contributed by atoms with Gasteiger partial charge in [0.25, 0.3) is 6.43 Å². The minimum atomic E-state index is -2.80. The molecular formula is C29H36F2N6O4. The van der Waals surface area contributed by atoms with Crippen molar-refractivity contribution in [3.8, 4) is 11.7 Å². The molecule has 0 spiro atoms. The summed E-state index contributed by atoms with van der Waals surface area (Å²) in [6.45, 7) is 4.33. The number of likely N-dealkylation sites (tertiary alicyclic amines) is 1. The first-order valence-electron chi connectivity index (χ1n) is 14.4. The van der Waals surface area contributed by atoms with Crippen LogP contribution in [0, 0.1) is 5.41 Å². The Kier molecular flexibility index (Phi) is 8.14. The second-order valence-corrected chi connectivity index (χ2v) is 11.4. The molecule has 41 heavy (non-hydrogen) atoms. The van der Waals surface area contributed by atoms with Crippen molar-refractivity contribution < 1.29 is 28.2 Å². The molecule has 1 atom stereocenters. The molecule has 3 aliphatic rings. The highest BCUT2D eigenvalue weighted by atomic mass is 19.3. The molecule has 10 nitrogen and oxygen atoms in total. The van der Waals surface area contributed by atoms with Gasteiger partial charge < -0.3 is 24.3 Å². The number of piperidine rings is 1. The number of halogens is 2. The average molecular weight is 571 g/mol. The largest absolute Gasteiger partial charge is 0.474 e. The molecule has 2 aliphatic heterocycles. The SMILES string of the molecule is O=CC1(CN2CCCC(O)C2)CCC(Oc2cc(-n3c(C(F)F)nc4ccccc43)nc(N3CCOCC3)n2)CC1. The van der Waals surface area contributed by atoms with E-state index in [0.717, 1.165) is 25.7 Å². The summed E-state index contributed by atoms with van der Waals surface area (Å²) in [7, 11) is 0. The zero-order valence-corrected chi connectivity index (χ0v) is 23.0. The number of hydrogen-bond donors (Lipinski definition) is 1. The minimum absolute atomic E-state index is 0.176. The van der Waals surface area contributed by atoms with Gasteiger partial charge in [0.2, 0.25) is 11.8 Å². The van der Waals surface area contributed by atoms with Crippen molar-refractivity contribution in [2.24, 2.45) is 5.41 Å². The van der Waals surface area contributed by atoms with Gasteiger partial charge in [-0.3, -0.25) is 9.47 Å². The zero-order chi connectivity index (χ0) is 28.4. The number of nitrogens with zero attached hydrogens (tertiary/aromatic N) is 6. The molecule has 6 rings (SSSR count). The van der Waals surface area contributed by atoms with Crippen LogP contribution >= 0.6 is 0 Å². The summed E-state index contributed by atoms with van der Waals surface area (Å²) in [6.07, 6.45) is 2.18. The van der Waals surface area contributed by atoms with Crippen molar-refractivity contribution in [3.63, 3.8) is 0 Å². The molecule has 1 aromatic carbocycles. The van der Waals surface area contributed by atoms with Gasteiger partial charge in [-0.05, 0) is 57.2 Å². The number of aldehydes is 1. The summed E-state index contributed by atoms with van der Waals surface area (Å²) in [5.74, 6) is 0.569. The first kappa shape index (κ1) is 27.9. The van der Waals surface area contributed by atoms with Gasteiger partial charge in [-0.2, -0.15) is 9.97 Å². The molecule has 0 bridgehead atoms. The van der Waals surface area contributed by atoms with Gasteiger partial charge in [0, 0.05) is 37.7 Å². The Morgan fingerprint density at radius 3 is 2.61 bits per heavy atom. The number of hydrogen-bond acceptors (Lipinski definition) is 9. The van der Waals surface area contributed by atoms with Crippen molar-refractivity contribution in [1.29, 1.82) is 0 Å². The van der Waals surface area contributed by atoms with Crippen LogP contribution in [0.5, 0.6) is 5.88 Å². The second-order valence-electron chi connectivity index (χ2n) is 11.4. The predicted molar refractivity (Wildman–Crippen MR) is 148 cm³/mol. The summed E-state index contributed by atoms with van der Waals surface area (Å²) in [5, 5.41) is 10.1. The standard InChI is InChI=1S/C29H36F2N6O4/c30-26(31)27-32-22-5-1-2-6-23(22)37(27)24-16-25(34-28(33-24)36-12-14-40-15-13-36)41-21-7-9-29(19-38,10-8-21)18-35-11-3-4-20(39)17-35/h1-2,5-6,16,19-21,26,39H,3-4,7-15,17-18H2. The fourth-order valence-electron chi connectivity index (χ4n) is 6.30. The van der Waals surface area contributed by atoms with Gasteiger partial charge in [-0.1, -0.05) is 12.1 Å². The van der Waals surface area contributed by atoms with Crippen molar-refractivity contribution in [1.82, 2.24) is 24.4 Å². The number of carbonyl (C=O) groups excluding carboxylic acids is 1. The van der Waals surface area contributed by atoms with Crippen molar-refractivity contribution in [3.05, 3.63) is 36.2 Å². The molecule has 1 saturated carbocycles. The molecule has 1 N–H and O–H groups in total. The molecule has 3 fully saturated rings. The number of ether oxygens (including phenoxy) is 2. The number of β-amino-alcohol motifs (C(OH)–C–C–N with tert-alkyl or cyclic N) is 1. The monoisotopic (exact) mass is 570 g/mol. The number of aliphatic hydroxyl groups is 1. The van der Waals surface area contributed by atoms with Gasteiger partial charge in [-0.15, -0.1) is 0 Å². The molecule has 2 aromatic heterocycles. The molecule has 0 amide bonds. The Morgan fingerprint density at radius 2 is 1.88 bits per heavy atom. The topological polar surface area (TPSA) is 106 Å². The molecule has 3 aromatic rings. The van der Waals surface area contributed by atoms with Crippen LogP contribution in [-0.4, -0.2) is 94.0 Å². The summed E-state index contributed by atoms with van der Waals surface area (Å²) in [6, 6.07) is 8.58. The Morgan fingerprint density at radius 1 is 1.10 bits per heavy atom. The molecule has 0 radical (unpaired) electrons. The number of morpholine rings is 1. The maximum atomic E-state index is 14.1. The first-order valence-corrected chi connectivity index (χ1v) is 14.4. The van der Waals surface area contributed by atoms with Gasteiger partial charge in [0.05, 0.1) is 30.4 Å². The second kappa shape index (κ2) is 11.9. The molecule has 220 valence electrons. The average Bonchev–Trinajstić information content (AvgIpc) is 3.39. The van der Waals surface area contributed by atoms with Crippen LogP contribution in [0.15, 0.2) is 30.3 Å². The summed E-state index contributed by atoms with van der Waals surface area (Å²) < 4.78 is 41.5. The molecule has 2 saturated heterocycles. The number of aliphatic hydroxyl groups excluding tert-OH is 1. The lowest BCUT2D eigenvalue weighted by molar-refractivity contribution is -0.121. The predicted octanol–water partition coefficient (Wildman–Crippen LogP) is 3.55. The van der Waals surface area contributed by atoms with E-state index in [0.29, 0.717) is 87.9 Å². The number of imidazole rings is 1. The van der Waals surface area contributed by atoms with Gasteiger partial charge in [0.15, 0.2) is 5.82 Å². The van der Waals surface area contributed by atoms with E-state index in [-0.39, 0.29) is 23.9 Å². The Bertz CT molecular complexity index is 1360. The molecular weight excluding hydrogens is 534 g/mol. The van der Waals surface area contributed by atoms with Crippen molar-refractivity contribution in [2.45, 2.75) is 57.2 Å². The number of para-hydroxylation sites is 2. The van der Waals surface area contributed by atoms with E-state index in [4.69, 9.17) is 9.47 Å². The van der Waals surface area contributed by atoms with Gasteiger partial charge in [-0.25, -0.2) is 13.8 Å². The van der Waals surface area contributed by atoms with E-state index < -0.39 is 11.8 Å². The normalized spacial score (nSPS) is 26.0. The van der Waals surface area contributed by atoms with E-state index >= 15 is 0 Å². The highest BCUT2D eigenvalue weighted by molar-refractivity contribution is 5.78. The van der Waals surface area contributed by atoms with Gasteiger partial charge in [0.1, 0.15) is 18.2 Å². The Balaban J connectivity index is 1.26. The molecule has 12 heteroatoms. The quantitative estimate of drug-likeness (QED) is 0.407. The van der Waals surface area contributed by atoms with Crippen LogP contribution in [0.25, 0.3) is 16.9 Å². The maximum absolute atomic E-state index is 14.1. The summed E-state index contributed by atoms with van der Waals surface area (Å²) >= 11 is 0. The lowest BCUT2D eigenvalue weighted by Crippen LogP contribution is -2.47. The first-order chi connectivity index (χ1) is 19.9. The van der Waals surface area contributed by atoms with Crippen LogP contribution in [0.1, 0.15) is 50.8 Å². The van der Waals surface area contributed by atoms with E-state index in [1.807, 2.05) is 4.90 Å². The Labute approximate surface area is 237 Å². The van der Waals surface area contributed by atoms with E-state index in [1.165, 1.54) is 4.57 Å². The molecule has 1 unspecified atom stereocenters. The Hall–Kier alpha value is -3.22. The third-order valence-electron chi connectivity index (χ3n) is 8.47. The third-order valence-corrected chi connectivity index (χ3v) is 8.47. The number of fused-ring (bicyclic) bond motifs is 1. The highest BCUT2D eigenvalue weighted by Gasteiger charge is 2.38. The number of aromatic nitrogens is 4. The number of anilines is 1. The number of carbonyl (C=O) groups is 1. The third kappa shape index (κ3) is 6.05. The van der Waals surface area contributed by atoms with Crippen LogP contribution < -0.4 is 9.64 Å². The van der Waals surface area contributed by atoms with E-state index in [1.54, 1.807) is 30.3 Å². The van der Waals surface area contributed by atoms with E-state index in [2.05, 4.69) is 19.9 Å². The van der Waals surface area contributed by atoms with Gasteiger partial charge >= 0.3 is 0 Å². The smallest absolute Gasteiger partial charge is 0.296 e. The number of alkyl halides is 2. The molecule has 1 aliphatic carbocycles. The highest BCUT2D eigenvalue weighted by Crippen LogP contribution is 2.38. The number of rotatable bonds is 8. The van der Waals surface area contributed by atoms with Crippen LogP contribution in [0.2, 0.25) is 0 Å². The maximum Gasteiger partial charge on any atom is 0.296 e. The number of benzene rings is 1. The zero-order valence-electron chi connectivity index (χ0n) is 23.0. The van der Waals surface area contributed by atoms with Crippen molar-refractivity contribution in [2.75, 3.05) is 50.8 Å². The fourth-order valence-corrected chi connectivity index (χ4v) is 6.30. The fraction of sp³-hybridized carbons (Fsp3) is 0.586. The molecule has 4 heterocycles. The van der Waals surface area contributed by atoms with Crippen LogP contribution in [0.4, 0.5) is 14.7 Å². The van der Waals surface area contributed by atoms with E-state index in [9.17, 15) is 18.7 Å². The lowest BCUT2D eigenvalue weighted by atomic mass is 9.73. The van der Waals surface area contributed by atoms with Crippen LogP contribution in [0.3, 0.4) is 0 Å². The van der Waals surface area contributed by atoms with Crippen molar-refractivity contribution >= 4 is 23.3 Å². The summed E-state index contributed by atoms with van der Waals surface area (Å²) in [4.78, 5) is 30.0. The summed E-state index contributed by atoms with van der Waals surface area (Å²) in [5.41, 5.74) is 0.515. The van der Waals surface area contributed by atoms with Crippen LogP contribution in [-0.2, 0) is 9.53 Å².